The summed E-state index contributed by atoms with van der Waals surface area (Å²) in [5.74, 6) is -0.558. The van der Waals surface area contributed by atoms with Crippen LogP contribution in [0.1, 0.15) is 16.8 Å². The molecule has 1 unspecified atom stereocenters. The maximum absolute atomic E-state index is 11.0. The van der Waals surface area contributed by atoms with E-state index in [0.29, 0.717) is 24.9 Å². The lowest BCUT2D eigenvalue weighted by Gasteiger charge is -2.12. The fourth-order valence-corrected chi connectivity index (χ4v) is 1.89. The molecule has 5 nitrogen and oxygen atoms in total. The summed E-state index contributed by atoms with van der Waals surface area (Å²) in [7, 11) is 0. The summed E-state index contributed by atoms with van der Waals surface area (Å²) in [6.45, 7) is 2.68. The number of benzene rings is 1. The van der Waals surface area contributed by atoms with Gasteiger partial charge in [-0.05, 0) is 18.6 Å². The molecule has 0 amide bonds. The van der Waals surface area contributed by atoms with E-state index in [2.05, 4.69) is 5.32 Å². The summed E-state index contributed by atoms with van der Waals surface area (Å²) in [4.78, 5) is 11.0. The van der Waals surface area contributed by atoms with Crippen LogP contribution in [0, 0.1) is 0 Å². The predicted molar refractivity (Wildman–Crippen MR) is 66.1 cm³/mol. The number of carbonyl (C=O) groups is 1. The lowest BCUT2D eigenvalue weighted by Crippen LogP contribution is -2.32. The Labute approximate surface area is 106 Å². The molecule has 1 saturated heterocycles. The SMILES string of the molecule is O=C(O)c1ccccc1OCCNC1CCOC1. The van der Waals surface area contributed by atoms with Crippen molar-refractivity contribution in [2.75, 3.05) is 26.4 Å². The van der Waals surface area contributed by atoms with Crippen LogP contribution < -0.4 is 10.1 Å². The smallest absolute Gasteiger partial charge is 0.339 e. The molecule has 0 spiro atoms. The van der Waals surface area contributed by atoms with Crippen molar-refractivity contribution in [3.05, 3.63) is 29.8 Å². The molecule has 0 aliphatic carbocycles. The third-order valence-corrected chi connectivity index (χ3v) is 2.84. The van der Waals surface area contributed by atoms with E-state index in [9.17, 15) is 4.79 Å². The molecule has 1 fully saturated rings. The van der Waals surface area contributed by atoms with E-state index in [0.717, 1.165) is 19.6 Å². The summed E-state index contributed by atoms with van der Waals surface area (Å²) in [5.41, 5.74) is 0.196. The van der Waals surface area contributed by atoms with Crippen LogP contribution in [0.3, 0.4) is 0 Å². The van der Waals surface area contributed by atoms with Crippen molar-refractivity contribution in [3.8, 4) is 5.75 Å². The van der Waals surface area contributed by atoms with E-state index < -0.39 is 5.97 Å². The normalized spacial score (nSPS) is 18.8. The minimum Gasteiger partial charge on any atom is -0.491 e. The third-order valence-electron chi connectivity index (χ3n) is 2.84. The van der Waals surface area contributed by atoms with Gasteiger partial charge in [-0.2, -0.15) is 0 Å². The maximum atomic E-state index is 11.0. The highest BCUT2D eigenvalue weighted by Gasteiger charge is 2.14. The van der Waals surface area contributed by atoms with Crippen LogP contribution in [0.15, 0.2) is 24.3 Å². The van der Waals surface area contributed by atoms with E-state index in [1.54, 1.807) is 18.2 Å². The first kappa shape index (κ1) is 12.9. The van der Waals surface area contributed by atoms with Crippen molar-refractivity contribution in [3.63, 3.8) is 0 Å². The molecule has 1 aromatic rings. The average Bonchev–Trinajstić information content (AvgIpc) is 2.88. The van der Waals surface area contributed by atoms with Crippen molar-refractivity contribution in [1.82, 2.24) is 5.32 Å². The zero-order chi connectivity index (χ0) is 12.8. The molecule has 5 heteroatoms. The second kappa shape index (κ2) is 6.37. The van der Waals surface area contributed by atoms with Crippen molar-refractivity contribution in [1.29, 1.82) is 0 Å². The van der Waals surface area contributed by atoms with Crippen LogP contribution in [0.5, 0.6) is 5.75 Å². The number of ether oxygens (including phenoxy) is 2. The molecule has 1 heterocycles. The van der Waals surface area contributed by atoms with Crippen molar-refractivity contribution in [2.45, 2.75) is 12.5 Å². The molecule has 2 N–H and O–H groups in total. The number of carboxylic acids is 1. The summed E-state index contributed by atoms with van der Waals surface area (Å²) in [5, 5.41) is 12.3. The molecule has 18 heavy (non-hydrogen) atoms. The summed E-state index contributed by atoms with van der Waals surface area (Å²) < 4.78 is 10.7. The number of hydrogen-bond acceptors (Lipinski definition) is 4. The monoisotopic (exact) mass is 251 g/mol. The molecule has 0 radical (unpaired) electrons. The zero-order valence-corrected chi connectivity index (χ0v) is 10.1. The standard InChI is InChI=1S/C13H17NO4/c15-13(16)11-3-1-2-4-12(11)18-8-6-14-10-5-7-17-9-10/h1-4,10,14H,5-9H2,(H,15,16). The average molecular weight is 251 g/mol. The molecule has 0 aromatic heterocycles. The van der Waals surface area contributed by atoms with Gasteiger partial charge in [0.15, 0.2) is 0 Å². The summed E-state index contributed by atoms with van der Waals surface area (Å²) in [6.07, 6.45) is 1.02. The van der Waals surface area contributed by atoms with Gasteiger partial charge in [0.2, 0.25) is 0 Å². The highest BCUT2D eigenvalue weighted by atomic mass is 16.5. The Kier molecular flexibility index (Phi) is 4.55. The van der Waals surface area contributed by atoms with Crippen molar-refractivity contribution >= 4 is 5.97 Å². The van der Waals surface area contributed by atoms with Gasteiger partial charge in [0, 0.05) is 19.2 Å². The molecule has 0 saturated carbocycles. The molecular weight excluding hydrogens is 234 g/mol. The predicted octanol–water partition coefficient (Wildman–Crippen LogP) is 1.14. The van der Waals surface area contributed by atoms with Crippen LogP contribution in [-0.2, 0) is 4.74 Å². The second-order valence-corrected chi connectivity index (χ2v) is 4.16. The largest absolute Gasteiger partial charge is 0.491 e. The Hall–Kier alpha value is -1.59. The number of rotatable bonds is 6. The lowest BCUT2D eigenvalue weighted by atomic mass is 10.2. The first-order valence-electron chi connectivity index (χ1n) is 6.03. The van der Waals surface area contributed by atoms with Gasteiger partial charge >= 0.3 is 5.97 Å². The Bertz CT molecular complexity index is 402. The fraction of sp³-hybridized carbons (Fsp3) is 0.462. The zero-order valence-electron chi connectivity index (χ0n) is 10.1. The molecule has 1 aromatic carbocycles. The number of hydrogen-bond donors (Lipinski definition) is 2. The Morgan fingerprint density at radius 1 is 1.50 bits per heavy atom. The van der Waals surface area contributed by atoms with E-state index in [1.165, 1.54) is 6.07 Å². The minimum atomic E-state index is -0.970. The summed E-state index contributed by atoms with van der Waals surface area (Å²) >= 11 is 0. The molecule has 98 valence electrons. The summed E-state index contributed by atoms with van der Waals surface area (Å²) in [6, 6.07) is 7.05. The van der Waals surface area contributed by atoms with Gasteiger partial charge in [0.1, 0.15) is 17.9 Å². The van der Waals surface area contributed by atoms with Crippen LogP contribution >= 0.6 is 0 Å². The van der Waals surface area contributed by atoms with Gasteiger partial charge in [-0.25, -0.2) is 4.79 Å². The van der Waals surface area contributed by atoms with Crippen molar-refractivity contribution < 1.29 is 19.4 Å². The van der Waals surface area contributed by atoms with E-state index in [1.807, 2.05) is 0 Å². The van der Waals surface area contributed by atoms with Crippen LogP contribution in [-0.4, -0.2) is 43.5 Å². The molecule has 0 bridgehead atoms. The molecule has 1 aliphatic rings. The van der Waals surface area contributed by atoms with Gasteiger partial charge < -0.3 is 19.9 Å². The molecule has 1 atom stereocenters. The molecule has 1 aliphatic heterocycles. The van der Waals surface area contributed by atoms with Gasteiger partial charge in [-0.1, -0.05) is 12.1 Å². The van der Waals surface area contributed by atoms with Crippen LogP contribution in [0.4, 0.5) is 0 Å². The first-order valence-corrected chi connectivity index (χ1v) is 6.03. The lowest BCUT2D eigenvalue weighted by molar-refractivity contribution is 0.0692. The van der Waals surface area contributed by atoms with Crippen molar-refractivity contribution in [2.24, 2.45) is 0 Å². The quantitative estimate of drug-likeness (QED) is 0.742. The Morgan fingerprint density at radius 2 is 2.33 bits per heavy atom. The van der Waals surface area contributed by atoms with Gasteiger partial charge in [-0.3, -0.25) is 0 Å². The van der Waals surface area contributed by atoms with E-state index >= 15 is 0 Å². The Morgan fingerprint density at radius 3 is 3.06 bits per heavy atom. The first-order chi connectivity index (χ1) is 8.77. The minimum absolute atomic E-state index is 0.196. The molecule has 2 rings (SSSR count). The highest BCUT2D eigenvalue weighted by molar-refractivity contribution is 5.90. The maximum Gasteiger partial charge on any atom is 0.339 e. The second-order valence-electron chi connectivity index (χ2n) is 4.16. The highest BCUT2D eigenvalue weighted by Crippen LogP contribution is 2.17. The fourth-order valence-electron chi connectivity index (χ4n) is 1.89. The number of aromatic carboxylic acids is 1. The molecular formula is C13H17NO4. The third kappa shape index (κ3) is 3.45. The number of para-hydroxylation sites is 1. The van der Waals surface area contributed by atoms with Crippen LogP contribution in [0.25, 0.3) is 0 Å². The number of carboxylic acid groups (broad SMARTS) is 1. The van der Waals surface area contributed by atoms with Gasteiger partial charge in [0.25, 0.3) is 0 Å². The number of nitrogens with one attached hydrogen (secondary N) is 1. The van der Waals surface area contributed by atoms with Gasteiger partial charge in [-0.15, -0.1) is 0 Å². The van der Waals surface area contributed by atoms with Crippen LogP contribution in [0.2, 0.25) is 0 Å². The van der Waals surface area contributed by atoms with Gasteiger partial charge in [0.05, 0.1) is 6.61 Å². The van der Waals surface area contributed by atoms with E-state index in [-0.39, 0.29) is 5.56 Å². The van der Waals surface area contributed by atoms with E-state index in [4.69, 9.17) is 14.6 Å². The topological polar surface area (TPSA) is 67.8 Å². The Balaban J connectivity index is 1.77.